The first kappa shape index (κ1) is 17.4. The van der Waals surface area contributed by atoms with Crippen molar-refractivity contribution < 1.29 is 9.36 Å². The van der Waals surface area contributed by atoms with E-state index in [0.29, 0.717) is 6.42 Å². The average molecular weight is 348 g/mol. The molecule has 0 aliphatic rings. The summed E-state index contributed by atoms with van der Waals surface area (Å²) in [5, 5.41) is 1.47. The van der Waals surface area contributed by atoms with Crippen LogP contribution in [0.2, 0.25) is 0 Å². The van der Waals surface area contributed by atoms with Gasteiger partial charge in [-0.1, -0.05) is 91.0 Å². The molecule has 0 heterocycles. The summed E-state index contributed by atoms with van der Waals surface area (Å²) in [5.41, 5.74) is 0.453. The largest absolute Gasteiger partial charge is 0.313 e. The van der Waals surface area contributed by atoms with Crippen LogP contribution in [0.5, 0.6) is 0 Å². The number of carbonyl (C=O) groups is 1. The van der Waals surface area contributed by atoms with Crippen LogP contribution in [0.25, 0.3) is 0 Å². The number of rotatable bonds is 6. The summed E-state index contributed by atoms with van der Waals surface area (Å²) in [5.74, 6) is -0.0418. The van der Waals surface area contributed by atoms with E-state index in [0.717, 1.165) is 16.2 Å². The summed E-state index contributed by atoms with van der Waals surface area (Å²) in [6.45, 7) is 1.55. The molecule has 3 aromatic carbocycles. The SMILES string of the molecule is CC(=O)[C@H](Cc1ccccc1)P(=O)(c1ccccc1)c1ccccc1. The second kappa shape index (κ2) is 7.63. The van der Waals surface area contributed by atoms with Crippen molar-refractivity contribution in [3.63, 3.8) is 0 Å². The number of Topliss-reactive ketones (excluding diaryl/α,β-unsaturated/α-hetero) is 1. The molecular formula is C22H21O2P. The van der Waals surface area contributed by atoms with Crippen LogP contribution in [0.3, 0.4) is 0 Å². The maximum atomic E-state index is 14.3. The second-order valence-corrected chi connectivity index (χ2v) is 9.12. The number of carbonyl (C=O) groups excluding carboxylic acids is 1. The lowest BCUT2D eigenvalue weighted by molar-refractivity contribution is -0.116. The Bertz CT molecular complexity index is 830. The molecule has 0 bridgehead atoms. The Morgan fingerprint density at radius 1 is 0.760 bits per heavy atom. The molecule has 0 radical (unpaired) electrons. The zero-order valence-electron chi connectivity index (χ0n) is 14.2. The second-order valence-electron chi connectivity index (χ2n) is 6.15. The van der Waals surface area contributed by atoms with Crippen molar-refractivity contribution in [2.75, 3.05) is 0 Å². The van der Waals surface area contributed by atoms with E-state index in [1.807, 2.05) is 91.0 Å². The predicted octanol–water partition coefficient (Wildman–Crippen LogP) is 4.20. The van der Waals surface area contributed by atoms with Gasteiger partial charge >= 0.3 is 0 Å². The molecule has 0 saturated heterocycles. The zero-order chi connectivity index (χ0) is 17.7. The van der Waals surface area contributed by atoms with Gasteiger partial charge in [-0.2, -0.15) is 0 Å². The molecule has 3 aromatic rings. The van der Waals surface area contributed by atoms with Crippen LogP contribution >= 0.6 is 7.14 Å². The fraction of sp³-hybridized carbons (Fsp3) is 0.136. The minimum Gasteiger partial charge on any atom is -0.313 e. The van der Waals surface area contributed by atoms with Gasteiger partial charge in [0.15, 0.2) is 7.14 Å². The Labute approximate surface area is 148 Å². The summed E-state index contributed by atoms with van der Waals surface area (Å²) < 4.78 is 14.3. The van der Waals surface area contributed by atoms with Crippen molar-refractivity contribution in [1.29, 1.82) is 0 Å². The van der Waals surface area contributed by atoms with Crippen molar-refractivity contribution >= 4 is 23.5 Å². The summed E-state index contributed by atoms with van der Waals surface area (Å²) >= 11 is 0. The van der Waals surface area contributed by atoms with E-state index < -0.39 is 12.8 Å². The minimum absolute atomic E-state index is 0.0418. The molecule has 0 fully saturated rings. The fourth-order valence-corrected chi connectivity index (χ4v) is 6.40. The predicted molar refractivity (Wildman–Crippen MR) is 104 cm³/mol. The maximum absolute atomic E-state index is 14.3. The first-order valence-electron chi connectivity index (χ1n) is 8.37. The Morgan fingerprint density at radius 3 is 1.56 bits per heavy atom. The van der Waals surface area contributed by atoms with E-state index in [1.165, 1.54) is 0 Å². The number of ketones is 1. The van der Waals surface area contributed by atoms with Gasteiger partial charge in [0, 0.05) is 10.6 Å². The number of hydrogen-bond donors (Lipinski definition) is 0. The maximum Gasteiger partial charge on any atom is 0.153 e. The molecular weight excluding hydrogens is 327 g/mol. The van der Waals surface area contributed by atoms with E-state index in [9.17, 15) is 9.36 Å². The van der Waals surface area contributed by atoms with Crippen molar-refractivity contribution in [2.45, 2.75) is 19.0 Å². The van der Waals surface area contributed by atoms with Crippen molar-refractivity contribution in [2.24, 2.45) is 0 Å². The Hall–Kier alpha value is -2.44. The van der Waals surface area contributed by atoms with Crippen LogP contribution in [0.15, 0.2) is 91.0 Å². The highest BCUT2D eigenvalue weighted by Gasteiger charge is 2.39. The Balaban J connectivity index is 2.15. The highest BCUT2D eigenvalue weighted by atomic mass is 31.2. The minimum atomic E-state index is -3.11. The third-order valence-corrected chi connectivity index (χ3v) is 8.01. The quantitative estimate of drug-likeness (QED) is 0.626. The van der Waals surface area contributed by atoms with Gasteiger partial charge in [0.2, 0.25) is 0 Å². The summed E-state index contributed by atoms with van der Waals surface area (Å²) in [6, 6.07) is 28.6. The molecule has 0 unspecified atom stereocenters. The van der Waals surface area contributed by atoms with E-state index in [1.54, 1.807) is 6.92 Å². The van der Waals surface area contributed by atoms with Gasteiger partial charge in [-0.3, -0.25) is 4.79 Å². The summed E-state index contributed by atoms with van der Waals surface area (Å²) in [7, 11) is -3.11. The van der Waals surface area contributed by atoms with Crippen LogP contribution < -0.4 is 10.6 Å². The monoisotopic (exact) mass is 348 g/mol. The standard InChI is InChI=1S/C22H21O2P/c1-18(23)22(17-19-11-5-2-6-12-19)25(24,20-13-7-3-8-14-20)21-15-9-4-10-16-21/h2-16,22H,17H2,1H3/t22-/m0/s1. The molecule has 0 spiro atoms. The molecule has 0 amide bonds. The van der Waals surface area contributed by atoms with Crippen molar-refractivity contribution in [3.05, 3.63) is 96.6 Å². The first-order valence-corrected chi connectivity index (χ1v) is 10.2. The third-order valence-electron chi connectivity index (χ3n) is 4.46. The third kappa shape index (κ3) is 3.65. The molecule has 126 valence electrons. The van der Waals surface area contributed by atoms with Gasteiger partial charge in [0.1, 0.15) is 5.78 Å². The van der Waals surface area contributed by atoms with E-state index >= 15 is 0 Å². The molecule has 0 N–H and O–H groups in total. The molecule has 0 aliphatic carbocycles. The van der Waals surface area contributed by atoms with E-state index in [-0.39, 0.29) is 5.78 Å². The molecule has 1 atom stereocenters. The molecule has 2 nitrogen and oxygen atoms in total. The summed E-state index contributed by atoms with van der Waals surface area (Å²) in [6.07, 6.45) is 0.469. The van der Waals surface area contributed by atoms with Crippen LogP contribution in [0.1, 0.15) is 12.5 Å². The normalized spacial score (nSPS) is 12.5. The average Bonchev–Trinajstić information content (AvgIpc) is 2.67. The Kier molecular flexibility index (Phi) is 5.31. The number of hydrogen-bond acceptors (Lipinski definition) is 2. The van der Waals surface area contributed by atoms with Gasteiger partial charge in [-0.05, 0) is 18.9 Å². The lowest BCUT2D eigenvalue weighted by Gasteiger charge is -2.27. The summed E-state index contributed by atoms with van der Waals surface area (Å²) in [4.78, 5) is 12.6. The van der Waals surface area contributed by atoms with Crippen molar-refractivity contribution in [1.82, 2.24) is 0 Å². The Morgan fingerprint density at radius 2 is 1.16 bits per heavy atom. The lowest BCUT2D eigenvalue weighted by Crippen LogP contribution is -2.32. The van der Waals surface area contributed by atoms with E-state index in [2.05, 4.69) is 0 Å². The lowest BCUT2D eigenvalue weighted by atomic mass is 10.1. The fourth-order valence-electron chi connectivity index (χ4n) is 3.17. The van der Waals surface area contributed by atoms with Crippen LogP contribution in [0.4, 0.5) is 0 Å². The molecule has 0 aliphatic heterocycles. The van der Waals surface area contributed by atoms with Crippen molar-refractivity contribution in [3.8, 4) is 0 Å². The van der Waals surface area contributed by atoms with Gasteiger partial charge in [-0.15, -0.1) is 0 Å². The van der Waals surface area contributed by atoms with Crippen LogP contribution in [-0.2, 0) is 15.8 Å². The zero-order valence-corrected chi connectivity index (χ0v) is 15.1. The molecule has 25 heavy (non-hydrogen) atoms. The van der Waals surface area contributed by atoms with Gasteiger partial charge in [0.25, 0.3) is 0 Å². The molecule has 3 heteroatoms. The first-order chi connectivity index (χ1) is 12.1. The molecule has 0 saturated carbocycles. The van der Waals surface area contributed by atoms with Gasteiger partial charge in [0.05, 0.1) is 5.66 Å². The van der Waals surface area contributed by atoms with Gasteiger partial charge in [-0.25, -0.2) is 0 Å². The topological polar surface area (TPSA) is 34.1 Å². The van der Waals surface area contributed by atoms with E-state index in [4.69, 9.17) is 0 Å². The van der Waals surface area contributed by atoms with Crippen LogP contribution in [0, 0.1) is 0 Å². The highest BCUT2D eigenvalue weighted by Crippen LogP contribution is 2.50. The number of benzene rings is 3. The van der Waals surface area contributed by atoms with Gasteiger partial charge < -0.3 is 4.57 Å². The molecule has 3 rings (SSSR count). The highest BCUT2D eigenvalue weighted by molar-refractivity contribution is 7.80. The van der Waals surface area contributed by atoms with Crippen LogP contribution in [-0.4, -0.2) is 11.4 Å². The smallest absolute Gasteiger partial charge is 0.153 e. The molecule has 0 aromatic heterocycles.